The number of rotatable bonds is 13. The van der Waals surface area contributed by atoms with Gasteiger partial charge in [-0.2, -0.15) is 27.1 Å². The first-order valence-corrected chi connectivity index (χ1v) is 33.8. The van der Waals surface area contributed by atoms with Crippen molar-refractivity contribution in [3.05, 3.63) is 306 Å². The first-order chi connectivity index (χ1) is 50.9. The van der Waals surface area contributed by atoms with Crippen LogP contribution in [0.3, 0.4) is 0 Å². The summed E-state index contributed by atoms with van der Waals surface area (Å²) in [5.74, 6) is 2.69. The number of tetrazole rings is 1. The molecule has 0 aliphatic carbocycles. The molecule has 104 heavy (non-hydrogen) atoms. The van der Waals surface area contributed by atoms with Crippen molar-refractivity contribution in [1.29, 1.82) is 0 Å². The summed E-state index contributed by atoms with van der Waals surface area (Å²) in [6.07, 6.45) is 27.7. The summed E-state index contributed by atoms with van der Waals surface area (Å²) >= 11 is 0.763. The average molecular weight is 1450 g/mol. The predicted octanol–water partition coefficient (Wildman–Crippen LogP) is 11.6. The van der Waals surface area contributed by atoms with Gasteiger partial charge in [-0.25, -0.2) is 25.2 Å². The monoisotopic (exact) mass is 1450 g/mol. The maximum Gasteiger partial charge on any atom is 0.296 e. The molecule has 0 unspecified atom stereocenters. The SMILES string of the molecule is O=S(=O)(O)c1ccc(-c2ccc(SOOO)cn2)nc1.O=S(=O)(O)c1ccc(-c2ccccn2)nc1.c1ccc(-c2ccc[nH]2)nc1.c1ccc(-c2ccccn2)nc1.c1ccc(-c2ncc[nH]2)nc1.c1ccc(-c2ncccn2)nc1.c1ccc(-c2ncn[nH]2)nc1.c1ccc(-c2nn[nH]n2)nc1. The quantitative estimate of drug-likeness (QED) is 0.0244. The third-order valence-corrected chi connectivity index (χ3v) is 15.0. The van der Waals surface area contributed by atoms with E-state index in [-0.39, 0.29) is 9.79 Å². The second kappa shape index (κ2) is 40.5. The second-order valence-corrected chi connectivity index (χ2v) is 23.3. The van der Waals surface area contributed by atoms with Gasteiger partial charge in [0, 0.05) is 99.1 Å². The van der Waals surface area contributed by atoms with Gasteiger partial charge >= 0.3 is 0 Å². The number of aromatic amines is 4. The van der Waals surface area contributed by atoms with Crippen molar-refractivity contribution < 1.29 is 40.6 Å². The zero-order valence-corrected chi connectivity index (χ0v) is 56.3. The van der Waals surface area contributed by atoms with Crippen molar-refractivity contribution in [2.75, 3.05) is 0 Å². The molecule has 16 heterocycles. The Hall–Kier alpha value is -13.5. The van der Waals surface area contributed by atoms with Crippen LogP contribution in [0.1, 0.15) is 0 Å². The fourth-order valence-corrected chi connectivity index (χ4v) is 9.17. The van der Waals surface area contributed by atoms with Crippen LogP contribution < -0.4 is 0 Å². The molecule has 0 atom stereocenters. The van der Waals surface area contributed by atoms with Crippen molar-refractivity contribution >= 4 is 32.3 Å². The molecule has 16 rings (SSSR count). The maximum atomic E-state index is 10.9. The first kappa shape index (κ1) is 74.7. The molecule has 32 nitrogen and oxygen atoms in total. The molecular weight excluding hydrogens is 1390 g/mol. The van der Waals surface area contributed by atoms with Gasteiger partial charge in [0.05, 0.1) is 62.5 Å². The van der Waals surface area contributed by atoms with Gasteiger partial charge < -0.3 is 9.97 Å². The first-order valence-electron chi connectivity index (χ1n) is 30.2. The van der Waals surface area contributed by atoms with Crippen molar-refractivity contribution in [3.63, 3.8) is 0 Å². The van der Waals surface area contributed by atoms with E-state index in [0.717, 1.165) is 75.8 Å². The van der Waals surface area contributed by atoms with Gasteiger partial charge in [-0.15, -0.1) is 14.5 Å². The molecule has 0 saturated heterocycles. The third-order valence-electron chi connectivity index (χ3n) is 12.7. The van der Waals surface area contributed by atoms with Crippen molar-refractivity contribution in [2.24, 2.45) is 0 Å². The van der Waals surface area contributed by atoms with Crippen LogP contribution in [0.2, 0.25) is 0 Å². The lowest BCUT2D eigenvalue weighted by Gasteiger charge is -2.02. The minimum absolute atomic E-state index is 0.229. The van der Waals surface area contributed by atoms with Crippen LogP contribution >= 0.6 is 12.0 Å². The number of aromatic nitrogens is 23. The Labute approximate surface area is 597 Å². The van der Waals surface area contributed by atoms with E-state index >= 15 is 0 Å². The van der Waals surface area contributed by atoms with E-state index in [1.54, 1.807) is 111 Å². The number of pyridine rings is 11. The standard InChI is InChI=1S/C10H8N2O6S2.C10H8N2O3S.C10H8N2.C9H7N3.C9H8N2.C8H7N3.C7H6N4.C6H5N5/c13-17-18-19-7-1-3-9(11-5-7)10-4-2-8(6-12-10)20(14,15)16;13-16(14,15)8-4-5-10(12-7-8)9-3-1-2-6-11-9;1-3-7-11-9(5-1)10-6-2-4-8-12-10;1-2-5-10-8(4-1)9-11-6-3-7-12-9;1-2-6-10-8(4-1)9-5-3-7-11-9;1-2-4-9-7(3-1)8-10-5-6-11-8;1-2-4-8-6(3-1)7-9-5-10-11-7;1-2-4-7-5(3-1)6-8-10-11-9-6/h1-6,13H,(H,14,15,16);1-7H,(H,13,14,15);1-8H;1-7H;1-7,11H;1-6H,(H,10,11);1-5H,(H,9,10,11);1-4H,(H,8,9,10,11). The molecule has 0 bridgehead atoms. The Kier molecular flexibility index (Phi) is 29.1. The molecule has 0 amide bonds. The fraction of sp³-hybridized carbons (Fsp3) is 0. The minimum atomic E-state index is -4.26. The summed E-state index contributed by atoms with van der Waals surface area (Å²) in [7, 11) is -8.44. The van der Waals surface area contributed by atoms with E-state index in [9.17, 15) is 16.8 Å². The van der Waals surface area contributed by atoms with E-state index in [4.69, 9.17) is 14.4 Å². The van der Waals surface area contributed by atoms with Crippen LogP contribution in [0.5, 0.6) is 0 Å². The fourth-order valence-electron chi connectivity index (χ4n) is 7.99. The molecule has 0 aliphatic heterocycles. The Morgan fingerprint density at radius 2 is 0.769 bits per heavy atom. The summed E-state index contributed by atoms with van der Waals surface area (Å²) in [6, 6.07) is 59.8. The van der Waals surface area contributed by atoms with Crippen LogP contribution in [0.15, 0.2) is 320 Å². The highest BCUT2D eigenvalue weighted by Gasteiger charge is 2.13. The number of H-pyrrole nitrogens is 4. The van der Waals surface area contributed by atoms with Gasteiger partial charge in [-0.3, -0.25) is 69.0 Å². The van der Waals surface area contributed by atoms with E-state index in [1.807, 2.05) is 146 Å². The minimum Gasteiger partial charge on any atom is -0.360 e. The number of nitrogens with zero attached hydrogens (tertiary/aromatic N) is 19. The molecule has 7 N–H and O–H groups in total. The van der Waals surface area contributed by atoms with Crippen LogP contribution in [0.25, 0.3) is 91.6 Å². The highest BCUT2D eigenvalue weighted by atomic mass is 32.2. The maximum absolute atomic E-state index is 10.9. The molecule has 0 fully saturated rings. The molecule has 35 heteroatoms. The highest BCUT2D eigenvalue weighted by Crippen LogP contribution is 2.23. The molecule has 520 valence electrons. The molecule has 0 radical (unpaired) electrons. The second-order valence-electron chi connectivity index (χ2n) is 19.7. The molecular formula is C69H57N23O9S3. The third kappa shape index (κ3) is 25.0. The smallest absolute Gasteiger partial charge is 0.296 e. The Balaban J connectivity index is 0.000000139. The molecule has 16 aromatic rings. The zero-order valence-electron chi connectivity index (χ0n) is 53.9. The predicted molar refractivity (Wildman–Crippen MR) is 381 cm³/mol. The Morgan fingerprint density at radius 1 is 0.346 bits per heavy atom. The van der Waals surface area contributed by atoms with E-state index in [2.05, 4.69) is 125 Å². The lowest BCUT2D eigenvalue weighted by atomic mass is 10.2. The number of hydrogen-bond acceptors (Lipinski definition) is 27. The molecule has 16 aromatic heterocycles. The summed E-state index contributed by atoms with van der Waals surface area (Å²) in [4.78, 5) is 67.2. The molecule has 0 spiro atoms. The largest absolute Gasteiger partial charge is 0.360 e. The topological polar surface area (TPSA) is 455 Å². The summed E-state index contributed by atoms with van der Waals surface area (Å²) in [6.45, 7) is 0. The Morgan fingerprint density at radius 3 is 1.12 bits per heavy atom. The van der Waals surface area contributed by atoms with E-state index < -0.39 is 20.2 Å². The average Bonchev–Trinajstić information content (AvgIpc) is 1.37. The normalized spacial score (nSPS) is 10.3. The molecule has 0 aliphatic rings. The van der Waals surface area contributed by atoms with E-state index in [1.165, 1.54) is 36.8 Å². The van der Waals surface area contributed by atoms with Gasteiger partial charge in [0.15, 0.2) is 17.5 Å². The number of imidazole rings is 1. The van der Waals surface area contributed by atoms with Gasteiger partial charge in [0.25, 0.3) is 20.2 Å². The highest BCUT2D eigenvalue weighted by molar-refractivity contribution is 7.94. The number of hydrogen-bond donors (Lipinski definition) is 7. The van der Waals surface area contributed by atoms with E-state index in [0.29, 0.717) is 45.1 Å². The lowest BCUT2D eigenvalue weighted by Crippen LogP contribution is -1.99. The summed E-state index contributed by atoms with van der Waals surface area (Å²) in [5, 5.41) is 31.2. The van der Waals surface area contributed by atoms with Gasteiger partial charge in [-0.05, 0) is 157 Å². The molecule has 0 aromatic carbocycles. The van der Waals surface area contributed by atoms with Gasteiger partial charge in [0.2, 0.25) is 5.82 Å². The van der Waals surface area contributed by atoms with Crippen LogP contribution in [-0.4, -0.2) is 147 Å². The van der Waals surface area contributed by atoms with Crippen LogP contribution in [0, 0.1) is 0 Å². The van der Waals surface area contributed by atoms with Crippen LogP contribution in [-0.2, 0) is 29.6 Å². The lowest BCUT2D eigenvalue weighted by molar-refractivity contribution is -0.432. The zero-order chi connectivity index (χ0) is 72.7. The number of nitrogens with one attached hydrogen (secondary N) is 4. The van der Waals surface area contributed by atoms with Gasteiger partial charge in [0.1, 0.15) is 38.9 Å². The summed E-state index contributed by atoms with van der Waals surface area (Å²) in [5.41, 5.74) is 9.22. The van der Waals surface area contributed by atoms with Crippen molar-refractivity contribution in [2.45, 2.75) is 14.7 Å². The van der Waals surface area contributed by atoms with Crippen molar-refractivity contribution in [3.8, 4) is 91.6 Å². The van der Waals surface area contributed by atoms with Gasteiger partial charge in [-0.1, -0.05) is 53.6 Å². The Bertz CT molecular complexity index is 4750. The van der Waals surface area contributed by atoms with Crippen LogP contribution in [0.4, 0.5) is 0 Å². The molecule has 0 saturated carbocycles. The summed E-state index contributed by atoms with van der Waals surface area (Å²) < 4.78 is 65.2. The van der Waals surface area contributed by atoms with Crippen molar-refractivity contribution in [1.82, 2.24) is 116 Å².